The molecule has 0 radical (unpaired) electrons. The number of ether oxygens (including phenoxy) is 1. The van der Waals surface area contributed by atoms with Gasteiger partial charge < -0.3 is 4.74 Å². The Morgan fingerprint density at radius 2 is 1.30 bits per heavy atom. The zero-order chi connectivity index (χ0) is 19.3. The van der Waals surface area contributed by atoms with Crippen LogP contribution in [0.2, 0.25) is 5.02 Å². The Labute approximate surface area is 181 Å². The maximum Gasteiger partial charge on any atom is 0.218 e. The van der Waals surface area contributed by atoms with Gasteiger partial charge in [0.05, 0.1) is 22.1 Å². The van der Waals surface area contributed by atoms with Gasteiger partial charge in [-0.1, -0.05) is 100 Å². The van der Waals surface area contributed by atoms with E-state index in [2.05, 4.69) is 0 Å². The Hall–Kier alpha value is -1.000. The van der Waals surface area contributed by atoms with Crippen LogP contribution in [0.3, 0.4) is 0 Å². The monoisotopic (exact) mass is 458 g/mol. The van der Waals surface area contributed by atoms with Gasteiger partial charge in [-0.3, -0.25) is 4.79 Å². The third-order valence-corrected chi connectivity index (χ3v) is 6.95. The fraction of sp³-hybridized carbons (Fsp3) is 0.150. The van der Waals surface area contributed by atoms with Crippen LogP contribution < -0.4 is 0 Å². The molecule has 2 unspecified atom stereocenters. The summed E-state index contributed by atoms with van der Waals surface area (Å²) < 4.78 is 6.23. The zero-order valence-electron chi connectivity index (χ0n) is 13.6. The lowest BCUT2D eigenvalue weighted by molar-refractivity contribution is -0.183. The molecule has 1 fully saturated rings. The van der Waals surface area contributed by atoms with Crippen molar-refractivity contribution in [2.75, 3.05) is 0 Å². The fourth-order valence-electron chi connectivity index (χ4n) is 3.56. The minimum absolute atomic E-state index is 0.0441. The van der Waals surface area contributed by atoms with Crippen molar-refractivity contribution in [2.45, 2.75) is 17.6 Å². The van der Waals surface area contributed by atoms with Crippen molar-refractivity contribution in [3.05, 3.63) is 90.9 Å². The zero-order valence-corrected chi connectivity index (χ0v) is 17.3. The molecule has 2 atom stereocenters. The molecule has 7 heteroatoms. The van der Waals surface area contributed by atoms with Crippen LogP contribution in [0.1, 0.15) is 23.1 Å². The highest BCUT2D eigenvalue weighted by molar-refractivity contribution is 6.61. The van der Waals surface area contributed by atoms with Crippen LogP contribution in [0.5, 0.6) is 0 Å². The summed E-state index contributed by atoms with van der Waals surface area (Å²) >= 11 is 31.3. The first-order valence-corrected chi connectivity index (χ1v) is 9.91. The molecule has 1 saturated heterocycles. The Morgan fingerprint density at radius 1 is 0.741 bits per heavy atom. The number of ketones is 1. The number of rotatable bonds is 2. The van der Waals surface area contributed by atoms with E-state index in [-0.39, 0.29) is 32.2 Å². The van der Waals surface area contributed by atoms with Gasteiger partial charge in [0.1, 0.15) is 10.1 Å². The second-order valence-electron chi connectivity index (χ2n) is 6.30. The largest absolute Gasteiger partial charge is 0.354 e. The van der Waals surface area contributed by atoms with Crippen molar-refractivity contribution >= 4 is 63.8 Å². The van der Waals surface area contributed by atoms with E-state index in [9.17, 15) is 4.79 Å². The highest BCUT2D eigenvalue weighted by Gasteiger charge is 2.64. The lowest BCUT2D eigenvalue weighted by Crippen LogP contribution is -2.56. The molecule has 27 heavy (non-hydrogen) atoms. The number of hydrogen-bond acceptors (Lipinski definition) is 2. The molecule has 0 aromatic heterocycles. The lowest BCUT2D eigenvalue weighted by atomic mass is 9.68. The highest BCUT2D eigenvalue weighted by Crippen LogP contribution is 2.65. The summed E-state index contributed by atoms with van der Waals surface area (Å²) in [5.74, 6) is -0.931. The van der Waals surface area contributed by atoms with E-state index < -0.39 is 11.4 Å². The number of Topliss-reactive ketones (excluding diaryl/α,β-unsaturated/α-hetero) is 1. The van der Waals surface area contributed by atoms with Crippen molar-refractivity contribution in [2.24, 2.45) is 0 Å². The molecule has 1 spiro atoms. The molecular formula is C20H11Cl5O2. The summed E-state index contributed by atoms with van der Waals surface area (Å²) in [6.45, 7) is 0. The summed E-state index contributed by atoms with van der Waals surface area (Å²) in [5, 5.41) is 0.350. The molecule has 2 aromatic carbocycles. The Morgan fingerprint density at radius 3 is 1.85 bits per heavy atom. The first-order chi connectivity index (χ1) is 12.9. The van der Waals surface area contributed by atoms with E-state index >= 15 is 0 Å². The summed E-state index contributed by atoms with van der Waals surface area (Å²) in [4.78, 5) is 12.2. The number of halogens is 5. The topological polar surface area (TPSA) is 26.3 Å². The van der Waals surface area contributed by atoms with E-state index in [1.807, 2.05) is 42.5 Å². The molecule has 1 aliphatic heterocycles. The third kappa shape index (κ3) is 2.86. The Kier molecular flexibility index (Phi) is 5.09. The number of benzene rings is 2. The standard InChI is InChI=1S/C20H11Cl5O2/c21-12-8-6-11(7-9-12)17-13(10-4-2-1-3-5-10)20(27-17)18(24)14(22)16(26)15(23)19(20)25/h1-9,13,17H. The normalized spacial score (nSPS) is 24.4. The first kappa shape index (κ1) is 19.3. The highest BCUT2D eigenvalue weighted by atomic mass is 35.5. The molecule has 0 amide bonds. The SMILES string of the molecule is O=C1C(Cl)=C(Cl)C2(OC(c3ccc(Cl)cc3)C2c2ccccc2)C(Cl)=C1Cl. The molecule has 0 N–H and O–H groups in total. The van der Waals surface area contributed by atoms with Gasteiger partial charge in [0.25, 0.3) is 0 Å². The average molecular weight is 461 g/mol. The molecule has 0 bridgehead atoms. The van der Waals surface area contributed by atoms with Crippen molar-refractivity contribution < 1.29 is 9.53 Å². The minimum Gasteiger partial charge on any atom is -0.354 e. The predicted octanol–water partition coefficient (Wildman–Crippen LogP) is 6.90. The van der Waals surface area contributed by atoms with Crippen LogP contribution in [0.4, 0.5) is 0 Å². The van der Waals surface area contributed by atoms with Crippen LogP contribution in [0, 0.1) is 0 Å². The van der Waals surface area contributed by atoms with Crippen molar-refractivity contribution in [1.29, 1.82) is 0 Å². The smallest absolute Gasteiger partial charge is 0.218 e. The molecule has 0 saturated carbocycles. The van der Waals surface area contributed by atoms with Crippen LogP contribution in [-0.4, -0.2) is 11.4 Å². The Balaban J connectivity index is 1.89. The quantitative estimate of drug-likeness (QED) is 0.488. The molecule has 4 rings (SSSR count). The van der Waals surface area contributed by atoms with Gasteiger partial charge in [-0.2, -0.15) is 0 Å². The summed E-state index contributed by atoms with van der Waals surface area (Å²) in [7, 11) is 0. The number of carbonyl (C=O) groups excluding carboxylic acids is 1. The van der Waals surface area contributed by atoms with Gasteiger partial charge in [0, 0.05) is 5.02 Å². The maximum atomic E-state index is 12.2. The first-order valence-electron chi connectivity index (χ1n) is 8.02. The molecule has 1 aliphatic carbocycles. The van der Waals surface area contributed by atoms with Crippen LogP contribution in [0.25, 0.3) is 0 Å². The number of allylic oxidation sites excluding steroid dienone is 2. The second kappa shape index (κ2) is 7.11. The summed E-state index contributed by atoms with van der Waals surface area (Å²) in [6.07, 6.45) is -0.366. The third-order valence-electron chi connectivity index (χ3n) is 4.85. The molecule has 138 valence electrons. The lowest BCUT2D eigenvalue weighted by Gasteiger charge is -2.56. The van der Waals surface area contributed by atoms with Crippen molar-refractivity contribution in [3.8, 4) is 0 Å². The van der Waals surface area contributed by atoms with Gasteiger partial charge in [-0.15, -0.1) is 0 Å². The Bertz CT molecular complexity index is 951. The molecule has 2 aromatic rings. The van der Waals surface area contributed by atoms with Crippen LogP contribution in [0.15, 0.2) is 74.7 Å². The van der Waals surface area contributed by atoms with Crippen molar-refractivity contribution in [1.82, 2.24) is 0 Å². The van der Waals surface area contributed by atoms with E-state index in [0.29, 0.717) is 5.02 Å². The molecular weight excluding hydrogens is 449 g/mol. The van der Waals surface area contributed by atoms with Gasteiger partial charge in [-0.25, -0.2) is 0 Å². The second-order valence-corrected chi connectivity index (χ2v) is 8.25. The van der Waals surface area contributed by atoms with Gasteiger partial charge in [0.2, 0.25) is 5.78 Å². The maximum absolute atomic E-state index is 12.2. The van der Waals surface area contributed by atoms with Gasteiger partial charge >= 0.3 is 0 Å². The van der Waals surface area contributed by atoms with Gasteiger partial charge in [-0.05, 0) is 23.3 Å². The summed E-state index contributed by atoms with van der Waals surface area (Å²) in [5.41, 5.74) is 0.539. The van der Waals surface area contributed by atoms with E-state index in [1.165, 1.54) is 0 Å². The fourth-order valence-corrected chi connectivity index (χ4v) is 4.94. The number of hydrogen-bond donors (Lipinski definition) is 0. The molecule has 2 aliphatic rings. The predicted molar refractivity (Wildman–Crippen MR) is 110 cm³/mol. The van der Waals surface area contributed by atoms with Crippen molar-refractivity contribution in [3.63, 3.8) is 0 Å². The summed E-state index contributed by atoms with van der Waals surface area (Å²) in [6, 6.07) is 16.9. The van der Waals surface area contributed by atoms with Crippen LogP contribution >= 0.6 is 58.0 Å². The van der Waals surface area contributed by atoms with E-state index in [0.717, 1.165) is 11.1 Å². The molecule has 1 heterocycles. The van der Waals surface area contributed by atoms with Gasteiger partial charge in [0.15, 0.2) is 5.60 Å². The minimum atomic E-state index is -1.29. The van der Waals surface area contributed by atoms with Crippen LogP contribution in [-0.2, 0) is 9.53 Å². The van der Waals surface area contributed by atoms with E-state index in [1.54, 1.807) is 12.1 Å². The molecule has 2 nitrogen and oxygen atoms in total. The number of carbonyl (C=O) groups is 1. The van der Waals surface area contributed by atoms with E-state index in [4.69, 9.17) is 62.7 Å². The average Bonchev–Trinajstić information content (AvgIpc) is 2.66.